The van der Waals surface area contributed by atoms with Crippen LogP contribution in [0.4, 0.5) is 5.82 Å². The first-order chi connectivity index (χ1) is 19.2. The molecule has 10 nitrogen and oxygen atoms in total. The fraction of sp³-hybridized carbons (Fsp3) is 0.345. The smallest absolute Gasteiger partial charge is 0.327 e. The molecule has 2 fully saturated rings. The molecule has 0 spiro atoms. The van der Waals surface area contributed by atoms with Gasteiger partial charge in [-0.25, -0.2) is 19.7 Å². The molecule has 4 aromatic heterocycles. The summed E-state index contributed by atoms with van der Waals surface area (Å²) in [5.41, 5.74) is 3.35. The maximum absolute atomic E-state index is 13.7. The number of ether oxygens (including phenoxy) is 1. The molecule has 5 aromatic rings. The largest absolute Gasteiger partial charge is 0.376 e. The Bertz CT molecular complexity index is 1720. The number of nitrogens with one attached hydrogen (secondary N) is 1. The Labute approximate surface area is 224 Å². The fourth-order valence-corrected chi connectivity index (χ4v) is 6.04. The highest BCUT2D eigenvalue weighted by Gasteiger charge is 2.26. The van der Waals surface area contributed by atoms with E-state index in [1.165, 1.54) is 6.33 Å². The van der Waals surface area contributed by atoms with Gasteiger partial charge < -0.3 is 14.2 Å². The van der Waals surface area contributed by atoms with Crippen LogP contribution < -0.4 is 10.6 Å². The second kappa shape index (κ2) is 9.77. The Morgan fingerprint density at radius 1 is 1.03 bits per heavy atom. The maximum Gasteiger partial charge on any atom is 0.327 e. The number of hydrogen-bond acceptors (Lipinski definition) is 7. The number of fused-ring (bicyclic) bond motifs is 2. The SMILES string of the molecule is O=C(c1cc(N2CCC(n3c(=O)[nH]c4ncccc43)CC2)ncn1)c1cn(CC2CCCO2)c2ccccc12. The van der Waals surface area contributed by atoms with Crippen molar-refractivity contribution in [2.75, 3.05) is 24.6 Å². The summed E-state index contributed by atoms with van der Waals surface area (Å²) in [7, 11) is 0. The molecule has 6 heterocycles. The van der Waals surface area contributed by atoms with Crippen molar-refractivity contribution in [2.24, 2.45) is 0 Å². The van der Waals surface area contributed by atoms with Crippen molar-refractivity contribution in [3.8, 4) is 0 Å². The standard InChI is InChI=1S/C29H29N7O3/c37-27(22-17-35(16-20-5-4-14-39-20)24-7-2-1-6-21(22)24)23-15-26(32-18-31-23)34-12-9-19(10-13-34)36-25-8-3-11-30-28(25)33-29(36)38/h1-3,6-8,11,15,17-20H,4-5,9-10,12-14,16H2,(H,30,33,38). The molecule has 0 saturated carbocycles. The number of aromatic nitrogens is 6. The van der Waals surface area contributed by atoms with Gasteiger partial charge in [0.15, 0.2) is 5.65 Å². The molecule has 0 aliphatic carbocycles. The van der Waals surface area contributed by atoms with Crippen molar-refractivity contribution in [3.05, 3.63) is 82.9 Å². The lowest BCUT2D eigenvalue weighted by Crippen LogP contribution is -2.37. The lowest BCUT2D eigenvalue weighted by Gasteiger charge is -2.33. The van der Waals surface area contributed by atoms with Gasteiger partial charge in [0, 0.05) is 67.2 Å². The van der Waals surface area contributed by atoms with Gasteiger partial charge in [-0.3, -0.25) is 14.3 Å². The number of carbonyl (C=O) groups is 1. The Hall–Kier alpha value is -4.31. The van der Waals surface area contributed by atoms with Crippen LogP contribution in [0.15, 0.2) is 66.0 Å². The number of rotatable bonds is 6. The Balaban J connectivity index is 1.12. The van der Waals surface area contributed by atoms with Crippen LogP contribution in [0.2, 0.25) is 0 Å². The number of aromatic amines is 1. The summed E-state index contributed by atoms with van der Waals surface area (Å²) >= 11 is 0. The zero-order valence-electron chi connectivity index (χ0n) is 21.5. The van der Waals surface area contributed by atoms with Crippen molar-refractivity contribution in [3.63, 3.8) is 0 Å². The zero-order valence-corrected chi connectivity index (χ0v) is 21.5. The van der Waals surface area contributed by atoms with Crippen molar-refractivity contribution >= 4 is 33.7 Å². The number of carbonyl (C=O) groups excluding carboxylic acids is 1. The molecule has 39 heavy (non-hydrogen) atoms. The van der Waals surface area contributed by atoms with Crippen LogP contribution in [0.5, 0.6) is 0 Å². The molecule has 1 atom stereocenters. The Morgan fingerprint density at radius 3 is 2.72 bits per heavy atom. The van der Waals surface area contributed by atoms with E-state index in [9.17, 15) is 9.59 Å². The molecular formula is C29H29N7O3. The molecule has 1 aromatic carbocycles. The minimum absolute atomic E-state index is 0.0737. The highest BCUT2D eigenvalue weighted by atomic mass is 16.5. The Morgan fingerprint density at radius 2 is 1.87 bits per heavy atom. The molecule has 10 heteroatoms. The second-order valence-corrected chi connectivity index (χ2v) is 10.3. The van der Waals surface area contributed by atoms with E-state index in [4.69, 9.17) is 4.74 Å². The van der Waals surface area contributed by atoms with Crippen molar-refractivity contribution in [2.45, 2.75) is 44.4 Å². The highest BCUT2D eigenvalue weighted by Crippen LogP contribution is 2.29. The first kappa shape index (κ1) is 23.8. The third kappa shape index (κ3) is 4.30. The van der Waals surface area contributed by atoms with Gasteiger partial charge in [0.05, 0.1) is 11.6 Å². The van der Waals surface area contributed by atoms with E-state index in [0.29, 0.717) is 16.9 Å². The van der Waals surface area contributed by atoms with E-state index in [2.05, 4.69) is 29.4 Å². The molecule has 1 N–H and O–H groups in total. The van der Waals surface area contributed by atoms with Gasteiger partial charge in [-0.15, -0.1) is 0 Å². The molecule has 0 radical (unpaired) electrons. The molecule has 2 aliphatic rings. The summed E-state index contributed by atoms with van der Waals surface area (Å²) in [4.78, 5) is 44.5. The minimum atomic E-state index is -0.129. The van der Waals surface area contributed by atoms with Gasteiger partial charge in [-0.2, -0.15) is 0 Å². The number of anilines is 1. The fourth-order valence-electron chi connectivity index (χ4n) is 6.04. The van der Waals surface area contributed by atoms with Gasteiger partial charge >= 0.3 is 5.69 Å². The van der Waals surface area contributed by atoms with Crippen molar-refractivity contribution in [1.82, 2.24) is 29.1 Å². The van der Waals surface area contributed by atoms with Crippen molar-refractivity contribution < 1.29 is 9.53 Å². The molecule has 1 unspecified atom stereocenters. The van der Waals surface area contributed by atoms with Gasteiger partial charge in [-0.05, 0) is 43.9 Å². The lowest BCUT2D eigenvalue weighted by molar-refractivity contribution is 0.0975. The highest BCUT2D eigenvalue weighted by molar-refractivity contribution is 6.15. The van der Waals surface area contributed by atoms with Gasteiger partial charge in [0.25, 0.3) is 0 Å². The number of benzene rings is 1. The predicted octanol–water partition coefficient (Wildman–Crippen LogP) is 3.72. The number of nitrogens with zero attached hydrogens (tertiary/aromatic N) is 6. The van der Waals surface area contributed by atoms with Crippen molar-refractivity contribution in [1.29, 1.82) is 0 Å². The summed E-state index contributed by atoms with van der Waals surface area (Å²) in [6.07, 6.45) is 8.94. The summed E-state index contributed by atoms with van der Waals surface area (Å²) in [5.74, 6) is 0.608. The Kier molecular flexibility index (Phi) is 5.96. The third-order valence-electron chi connectivity index (χ3n) is 7.99. The molecule has 0 amide bonds. The van der Waals surface area contributed by atoms with Crippen LogP contribution in [-0.4, -0.2) is 60.7 Å². The molecule has 0 bridgehead atoms. The lowest BCUT2D eigenvalue weighted by atomic mass is 10.0. The van der Waals surface area contributed by atoms with Crippen LogP contribution >= 0.6 is 0 Å². The average Bonchev–Trinajstić information content (AvgIpc) is 3.71. The van der Waals surface area contributed by atoms with Crippen LogP contribution in [-0.2, 0) is 11.3 Å². The van der Waals surface area contributed by atoms with Crippen LogP contribution in [0.25, 0.3) is 22.1 Å². The number of hydrogen-bond donors (Lipinski definition) is 1. The van der Waals surface area contributed by atoms with Crippen LogP contribution in [0.3, 0.4) is 0 Å². The first-order valence-corrected chi connectivity index (χ1v) is 13.5. The van der Waals surface area contributed by atoms with E-state index in [1.54, 1.807) is 12.3 Å². The number of ketones is 1. The molecular weight excluding hydrogens is 494 g/mol. The third-order valence-corrected chi connectivity index (χ3v) is 7.99. The van der Waals surface area contributed by atoms with E-state index in [1.807, 2.05) is 47.2 Å². The van der Waals surface area contributed by atoms with E-state index in [0.717, 1.165) is 74.2 Å². The maximum atomic E-state index is 13.7. The number of para-hydroxylation sites is 1. The summed E-state index contributed by atoms with van der Waals surface area (Å²) in [6.45, 7) is 2.96. The van der Waals surface area contributed by atoms with E-state index >= 15 is 0 Å². The van der Waals surface area contributed by atoms with Gasteiger partial charge in [0.2, 0.25) is 5.78 Å². The predicted molar refractivity (Wildman–Crippen MR) is 147 cm³/mol. The quantitative estimate of drug-likeness (QED) is 0.338. The van der Waals surface area contributed by atoms with Gasteiger partial charge in [-0.1, -0.05) is 18.2 Å². The molecule has 7 rings (SSSR count). The van der Waals surface area contributed by atoms with Gasteiger partial charge in [0.1, 0.15) is 17.8 Å². The summed E-state index contributed by atoms with van der Waals surface area (Å²) in [6, 6.07) is 13.6. The van der Waals surface area contributed by atoms with E-state index in [-0.39, 0.29) is 23.6 Å². The molecule has 2 saturated heterocycles. The summed E-state index contributed by atoms with van der Waals surface area (Å²) < 4.78 is 9.80. The average molecular weight is 524 g/mol. The first-order valence-electron chi connectivity index (χ1n) is 13.5. The van der Waals surface area contributed by atoms with Crippen LogP contribution in [0.1, 0.15) is 47.8 Å². The molecule has 2 aliphatic heterocycles. The second-order valence-electron chi connectivity index (χ2n) is 10.3. The zero-order chi connectivity index (χ0) is 26.3. The van der Waals surface area contributed by atoms with Crippen LogP contribution in [0, 0.1) is 0 Å². The topological polar surface area (TPSA) is 111 Å². The number of imidazole rings is 1. The number of piperidine rings is 1. The minimum Gasteiger partial charge on any atom is -0.376 e. The molecule has 198 valence electrons. The number of H-pyrrole nitrogens is 1. The normalized spacial score (nSPS) is 18.4. The summed E-state index contributed by atoms with van der Waals surface area (Å²) in [5, 5.41) is 0.917. The van der Waals surface area contributed by atoms with E-state index < -0.39 is 0 Å². The number of pyridine rings is 1. The monoisotopic (exact) mass is 523 g/mol.